The van der Waals surface area contributed by atoms with E-state index in [-0.39, 0.29) is 26.6 Å². The fourth-order valence-electron chi connectivity index (χ4n) is 3.51. The maximum Gasteiger partial charge on any atom is 0.337 e. The van der Waals surface area contributed by atoms with Gasteiger partial charge in [-0.1, -0.05) is 19.3 Å². The van der Waals surface area contributed by atoms with E-state index in [0.29, 0.717) is 18.0 Å². The second kappa shape index (κ2) is 9.60. The highest BCUT2D eigenvalue weighted by Gasteiger charge is 2.29. The number of amides is 1. The van der Waals surface area contributed by atoms with Crippen LogP contribution >= 0.6 is 11.3 Å². The summed E-state index contributed by atoms with van der Waals surface area (Å²) >= 11 is 1.05. The van der Waals surface area contributed by atoms with Gasteiger partial charge in [-0.15, -0.1) is 11.3 Å². The molecule has 1 aliphatic rings. The summed E-state index contributed by atoms with van der Waals surface area (Å²) in [5.74, 6) is -1.88. The van der Waals surface area contributed by atoms with Crippen molar-refractivity contribution >= 4 is 38.9 Å². The molecule has 0 bridgehead atoms. The molecule has 1 aliphatic heterocycles. The maximum absolute atomic E-state index is 13.2. The number of hydrogen-bond donors (Lipinski definition) is 2. The van der Waals surface area contributed by atoms with Gasteiger partial charge in [-0.05, 0) is 44.0 Å². The van der Waals surface area contributed by atoms with Crippen molar-refractivity contribution in [3.63, 3.8) is 0 Å². The summed E-state index contributed by atoms with van der Waals surface area (Å²) in [5, 5.41) is 20.8. The van der Waals surface area contributed by atoms with Gasteiger partial charge in [0, 0.05) is 18.0 Å². The molecule has 8 nitrogen and oxygen atoms in total. The van der Waals surface area contributed by atoms with Gasteiger partial charge in [-0.2, -0.15) is 9.57 Å². The number of carboxylic acids is 1. The van der Waals surface area contributed by atoms with Crippen molar-refractivity contribution in [3.05, 3.63) is 45.1 Å². The molecular formula is C21H23N3O5S2. The molecule has 0 unspecified atom stereocenters. The quantitative estimate of drug-likeness (QED) is 0.696. The second-order valence-corrected chi connectivity index (χ2v) is 10.5. The third-order valence-corrected chi connectivity index (χ3v) is 8.36. The van der Waals surface area contributed by atoms with Gasteiger partial charge in [0.1, 0.15) is 0 Å². The van der Waals surface area contributed by atoms with Crippen LogP contribution in [0.2, 0.25) is 0 Å². The zero-order valence-corrected chi connectivity index (χ0v) is 18.7. The van der Waals surface area contributed by atoms with Crippen LogP contribution in [0, 0.1) is 18.3 Å². The largest absolute Gasteiger partial charge is 0.478 e. The number of rotatable bonds is 5. The Morgan fingerprint density at radius 3 is 2.39 bits per heavy atom. The summed E-state index contributed by atoms with van der Waals surface area (Å²) < 4.78 is 27.8. The van der Waals surface area contributed by atoms with Crippen molar-refractivity contribution in [3.8, 4) is 6.07 Å². The number of nitrogens with one attached hydrogen (secondary N) is 1. The summed E-state index contributed by atoms with van der Waals surface area (Å²) in [4.78, 5) is 25.0. The number of hydrogen-bond acceptors (Lipinski definition) is 6. The standard InChI is InChI=1S/C21H23N3O5S2/c1-14-19(31(28,29)24-9-5-3-2-4-6-10-24)12-18(30-14)20(25)23-17-8-7-15(13-22)11-16(17)21(26)27/h7-8,11-12H,2-6,9-10H2,1H3,(H,23,25)(H,26,27). The molecule has 1 aromatic carbocycles. The molecule has 1 fully saturated rings. The average molecular weight is 462 g/mol. The number of carboxylic acid groups (broad SMARTS) is 1. The van der Waals surface area contributed by atoms with Gasteiger partial charge in [0.2, 0.25) is 10.0 Å². The van der Waals surface area contributed by atoms with E-state index in [1.54, 1.807) is 6.92 Å². The highest BCUT2D eigenvalue weighted by molar-refractivity contribution is 7.89. The van der Waals surface area contributed by atoms with Crippen LogP contribution in [0.4, 0.5) is 5.69 Å². The number of aryl methyl sites for hydroxylation is 1. The van der Waals surface area contributed by atoms with E-state index in [4.69, 9.17) is 5.26 Å². The molecule has 0 spiro atoms. The van der Waals surface area contributed by atoms with E-state index in [9.17, 15) is 23.1 Å². The summed E-state index contributed by atoms with van der Waals surface area (Å²) in [6.45, 7) is 2.58. The molecule has 0 atom stereocenters. The average Bonchev–Trinajstić information content (AvgIpc) is 3.10. The first-order valence-electron chi connectivity index (χ1n) is 9.93. The minimum absolute atomic E-state index is 0.0377. The Kier molecular flexibility index (Phi) is 7.10. The number of aromatic carboxylic acids is 1. The lowest BCUT2D eigenvalue weighted by Gasteiger charge is -2.24. The number of sulfonamides is 1. The van der Waals surface area contributed by atoms with E-state index >= 15 is 0 Å². The Morgan fingerprint density at radius 1 is 1.13 bits per heavy atom. The molecule has 31 heavy (non-hydrogen) atoms. The number of anilines is 1. The van der Waals surface area contributed by atoms with Crippen molar-refractivity contribution in [2.45, 2.75) is 43.9 Å². The van der Waals surface area contributed by atoms with Crippen molar-refractivity contribution in [2.24, 2.45) is 0 Å². The maximum atomic E-state index is 13.2. The molecular weight excluding hydrogens is 438 g/mol. The molecule has 10 heteroatoms. The third-order valence-electron chi connectivity index (χ3n) is 5.16. The normalized spacial score (nSPS) is 15.5. The molecule has 2 heterocycles. The van der Waals surface area contributed by atoms with Crippen LogP contribution in [0.15, 0.2) is 29.2 Å². The molecule has 164 valence electrons. The van der Waals surface area contributed by atoms with Crippen LogP contribution in [0.1, 0.15) is 62.6 Å². The zero-order chi connectivity index (χ0) is 22.6. The Hall–Kier alpha value is -2.74. The van der Waals surface area contributed by atoms with Crippen LogP contribution in [0.5, 0.6) is 0 Å². The van der Waals surface area contributed by atoms with Crippen molar-refractivity contribution in [1.29, 1.82) is 5.26 Å². The van der Waals surface area contributed by atoms with Gasteiger partial charge in [0.25, 0.3) is 5.91 Å². The van der Waals surface area contributed by atoms with Crippen molar-refractivity contribution in [1.82, 2.24) is 4.31 Å². The minimum atomic E-state index is -3.71. The molecule has 0 saturated carbocycles. The minimum Gasteiger partial charge on any atom is -0.478 e. The first-order valence-corrected chi connectivity index (χ1v) is 12.2. The highest BCUT2D eigenvalue weighted by Crippen LogP contribution is 2.30. The Morgan fingerprint density at radius 2 is 1.77 bits per heavy atom. The first kappa shape index (κ1) is 22.9. The summed E-state index contributed by atoms with van der Waals surface area (Å²) in [6, 6.07) is 7.13. The van der Waals surface area contributed by atoms with Crippen molar-refractivity contribution < 1.29 is 23.1 Å². The molecule has 2 N–H and O–H groups in total. The van der Waals surface area contributed by atoms with Gasteiger partial charge in [-0.3, -0.25) is 4.79 Å². The number of nitrogens with zero attached hydrogens (tertiary/aromatic N) is 2. The molecule has 1 aromatic heterocycles. The summed E-state index contributed by atoms with van der Waals surface area (Å²) in [5.41, 5.74) is -0.0196. The SMILES string of the molecule is Cc1sc(C(=O)Nc2ccc(C#N)cc2C(=O)O)cc1S(=O)(=O)N1CCCCCCC1. The first-order chi connectivity index (χ1) is 14.7. The molecule has 0 aliphatic carbocycles. The molecule has 3 rings (SSSR count). The predicted octanol–water partition coefficient (Wildman–Crippen LogP) is 3.83. The number of carbonyl (C=O) groups excluding carboxylic acids is 1. The lowest BCUT2D eigenvalue weighted by Crippen LogP contribution is -2.34. The Bertz CT molecular complexity index is 1140. The van der Waals surface area contributed by atoms with Crippen LogP contribution in [-0.2, 0) is 10.0 Å². The van der Waals surface area contributed by atoms with Crippen LogP contribution in [0.3, 0.4) is 0 Å². The van der Waals surface area contributed by atoms with Gasteiger partial charge in [0.05, 0.1) is 32.7 Å². The molecule has 1 saturated heterocycles. The Labute approximate surface area is 185 Å². The van der Waals surface area contributed by atoms with Crippen molar-refractivity contribution in [2.75, 3.05) is 18.4 Å². The summed E-state index contributed by atoms with van der Waals surface area (Å²) in [7, 11) is -3.71. The topological polar surface area (TPSA) is 128 Å². The zero-order valence-electron chi connectivity index (χ0n) is 17.1. The van der Waals surface area contributed by atoms with E-state index in [1.165, 1.54) is 28.6 Å². The van der Waals surface area contributed by atoms with Gasteiger partial charge < -0.3 is 10.4 Å². The fraction of sp³-hybridized carbons (Fsp3) is 0.381. The second-order valence-electron chi connectivity index (χ2n) is 7.33. The number of benzene rings is 1. The van der Waals surface area contributed by atoms with E-state index in [2.05, 4.69) is 5.32 Å². The smallest absolute Gasteiger partial charge is 0.337 e. The molecule has 1 amide bonds. The molecule has 0 radical (unpaired) electrons. The predicted molar refractivity (Wildman–Crippen MR) is 117 cm³/mol. The van der Waals surface area contributed by atoms with Gasteiger partial charge >= 0.3 is 5.97 Å². The van der Waals surface area contributed by atoms with E-state index in [0.717, 1.165) is 43.4 Å². The summed E-state index contributed by atoms with van der Waals surface area (Å²) in [6.07, 6.45) is 4.74. The van der Waals surface area contributed by atoms with Gasteiger partial charge in [-0.25, -0.2) is 13.2 Å². The van der Waals surface area contributed by atoms with Gasteiger partial charge in [0.15, 0.2) is 0 Å². The van der Waals surface area contributed by atoms with E-state index < -0.39 is 21.9 Å². The lowest BCUT2D eigenvalue weighted by atomic mass is 10.1. The Balaban J connectivity index is 1.86. The number of thiophene rings is 1. The third kappa shape index (κ3) is 5.12. The van der Waals surface area contributed by atoms with Crippen LogP contribution < -0.4 is 5.32 Å². The van der Waals surface area contributed by atoms with Crippen LogP contribution in [0.25, 0.3) is 0 Å². The highest BCUT2D eigenvalue weighted by atomic mass is 32.2. The number of carbonyl (C=O) groups is 2. The monoisotopic (exact) mass is 461 g/mol. The number of nitriles is 1. The van der Waals surface area contributed by atoms with E-state index in [1.807, 2.05) is 6.07 Å². The van der Waals surface area contributed by atoms with Crippen LogP contribution in [-0.4, -0.2) is 42.8 Å². The lowest BCUT2D eigenvalue weighted by molar-refractivity contribution is 0.0698. The fourth-order valence-corrected chi connectivity index (χ4v) is 6.49. The molecule has 2 aromatic rings.